The van der Waals surface area contributed by atoms with Gasteiger partial charge in [0.1, 0.15) is 0 Å². The number of nitrogens with zero attached hydrogens (tertiary/aromatic N) is 2. The summed E-state index contributed by atoms with van der Waals surface area (Å²) in [5.41, 5.74) is 0. The highest BCUT2D eigenvalue weighted by molar-refractivity contribution is 5.85. The topological polar surface area (TPSA) is 114 Å². The van der Waals surface area contributed by atoms with Gasteiger partial charge < -0.3 is 53.6 Å². The van der Waals surface area contributed by atoms with Crippen LogP contribution in [0.3, 0.4) is 0 Å². The smallest absolute Gasteiger partial charge is 0.529 e. The molecule has 0 heterocycles. The van der Waals surface area contributed by atoms with Gasteiger partial charge in [-0.2, -0.15) is 79.7 Å². The maximum atomic E-state index is 14.6. The summed E-state index contributed by atoms with van der Waals surface area (Å²) in [7, 11) is 5.73. The molecule has 0 aliphatic carbocycles. The van der Waals surface area contributed by atoms with Crippen LogP contribution in [0.5, 0.6) is 0 Å². The van der Waals surface area contributed by atoms with Gasteiger partial charge >= 0.3 is 73.8 Å². The molecule has 0 aliphatic heterocycles. The minimum Gasteiger partial charge on any atom is -1.00 e. The first-order valence-corrected chi connectivity index (χ1v) is 17.0. The van der Waals surface area contributed by atoms with Gasteiger partial charge in [-0.3, -0.25) is 19.1 Å². The molecule has 0 aromatic heterocycles. The van der Waals surface area contributed by atoms with Crippen LogP contribution in [0.15, 0.2) is 0 Å². The van der Waals surface area contributed by atoms with Gasteiger partial charge in [0.25, 0.3) is 11.8 Å². The predicted molar refractivity (Wildman–Crippen MR) is 156 cm³/mol. The third-order valence-corrected chi connectivity index (χ3v) is 7.72. The number of ether oxygens (including phenoxy) is 6. The number of hydrogen-bond acceptors (Lipinski definition) is 8. The van der Waals surface area contributed by atoms with Crippen molar-refractivity contribution < 1.29 is 195 Å². The highest BCUT2D eigenvalue weighted by Gasteiger charge is 2.76. The monoisotopic (exact) mass is 1210 g/mol. The molecule has 0 bridgehead atoms. The lowest BCUT2D eigenvalue weighted by atomic mass is 10.2. The molecule has 2 amide bonds. The Labute approximate surface area is 384 Å². The average Bonchev–Trinajstić information content (AvgIpc) is 3.01. The predicted octanol–water partition coefficient (Wildman–Crippen LogP) is 2.01. The summed E-state index contributed by atoms with van der Waals surface area (Å²) >= 11 is 0. The van der Waals surface area contributed by atoms with Crippen molar-refractivity contribution in [3.8, 4) is 0 Å². The quantitative estimate of drug-likeness (QED) is 0.0557. The van der Waals surface area contributed by atoms with E-state index < -0.39 is 112 Å². The van der Waals surface area contributed by atoms with E-state index in [4.69, 9.17) is 0 Å². The van der Waals surface area contributed by atoms with Crippen LogP contribution >= 0.6 is 0 Å². The molecule has 2 unspecified atom stereocenters. The molecule has 0 aromatic rings. The lowest BCUT2D eigenvalue weighted by Crippen LogP contribution is -3.00. The van der Waals surface area contributed by atoms with E-state index >= 15 is 0 Å². The Morgan fingerprint density at radius 3 is 0.809 bits per heavy atom. The van der Waals surface area contributed by atoms with Gasteiger partial charge in [-0.1, -0.05) is 0 Å². The number of nitrogens with one attached hydrogen (secondary N) is 2. The number of unbranched alkanes of at least 4 members (excludes halogenated alkanes) is 1. The van der Waals surface area contributed by atoms with Crippen molar-refractivity contribution in [2.75, 3.05) is 67.5 Å². The summed E-state index contributed by atoms with van der Waals surface area (Å²) in [4.78, 5) is 23.8. The van der Waals surface area contributed by atoms with Crippen LogP contribution in [0, 0.1) is 0 Å². The van der Waals surface area contributed by atoms with E-state index in [9.17, 15) is 124 Å². The highest BCUT2D eigenvalue weighted by atomic mass is 79.9. The van der Waals surface area contributed by atoms with E-state index in [1.54, 1.807) is 18.9 Å². The van der Waals surface area contributed by atoms with E-state index in [0.717, 1.165) is 10.6 Å². The third-order valence-electron chi connectivity index (χ3n) is 7.72. The second-order valence-corrected chi connectivity index (χ2v) is 14.4. The van der Waals surface area contributed by atoms with Gasteiger partial charge in [0.05, 0.1) is 54.4 Å². The zero-order chi connectivity index (χ0) is 52.9. The second-order valence-electron chi connectivity index (χ2n) is 14.4. The number of carbonyl (C=O) groups is 2. The molecular weight excluding hydrogens is 1170 g/mol. The minimum atomic E-state index is -7.26. The van der Waals surface area contributed by atoms with E-state index in [2.05, 4.69) is 9.47 Å². The lowest BCUT2D eigenvalue weighted by Gasteiger charge is -2.34. The SMILES string of the molecule is C[N+](C)(CCCC[N+](C)(C)CCCNC(=O)C(F)(OC(F)(F)C(F)(F)OC(F)(F)OC(F)(F)F)C(F)(F)F)CCCNC(=O)C(F)(OC(F)(F)C(F)(F)OC(F)(F)OC(F)(F)F)C(F)(F)F.[Br-].[Br-]. The van der Waals surface area contributed by atoms with Crippen molar-refractivity contribution in [2.45, 2.75) is 99.5 Å². The Morgan fingerprint density at radius 2 is 0.588 bits per heavy atom. The van der Waals surface area contributed by atoms with Crippen molar-refractivity contribution in [1.82, 2.24) is 10.6 Å². The minimum absolute atomic E-state index is 0. The maximum absolute atomic E-state index is 14.6. The lowest BCUT2D eigenvalue weighted by molar-refractivity contribution is -0.896. The first-order chi connectivity index (χ1) is 28.7. The van der Waals surface area contributed by atoms with E-state index in [-0.39, 0.29) is 81.9 Å². The van der Waals surface area contributed by atoms with Crippen LogP contribution in [-0.4, -0.2) is 162 Å². The van der Waals surface area contributed by atoms with Gasteiger partial charge in [-0.25, -0.2) is 9.47 Å². The molecule has 0 fully saturated rings. The second kappa shape index (κ2) is 23.5. The molecule has 2 N–H and O–H groups in total. The van der Waals surface area contributed by atoms with E-state index in [1.807, 2.05) is 0 Å². The van der Waals surface area contributed by atoms with Gasteiger partial charge in [0.15, 0.2) is 0 Å². The molecule has 2 atom stereocenters. The molecule has 68 heavy (non-hydrogen) atoms. The maximum Gasteiger partial charge on any atom is 0.529 e. The summed E-state index contributed by atoms with van der Waals surface area (Å²) in [5, 5.41) is 2.14. The van der Waals surface area contributed by atoms with Crippen LogP contribution in [0.1, 0.15) is 25.7 Å². The Kier molecular flexibility index (Phi) is 24.2. The van der Waals surface area contributed by atoms with Crippen molar-refractivity contribution in [1.29, 1.82) is 0 Å². The number of carbonyl (C=O) groups excluding carboxylic acids is 2. The Hall–Kier alpha value is -2.24. The fourth-order valence-corrected chi connectivity index (χ4v) is 4.62. The Morgan fingerprint density at radius 1 is 0.368 bits per heavy atom. The van der Waals surface area contributed by atoms with Crippen LogP contribution in [0.25, 0.3) is 0 Å². The fraction of sp³-hybridized carbons (Fsp3) is 0.929. The largest absolute Gasteiger partial charge is 1.00 e. The molecule has 0 radical (unpaired) electrons. The van der Waals surface area contributed by atoms with Crippen molar-refractivity contribution in [3.05, 3.63) is 0 Å². The molecule has 0 rings (SSSR count). The normalized spacial score (nSPS) is 16.3. The van der Waals surface area contributed by atoms with Crippen LogP contribution in [0.2, 0.25) is 0 Å². The molecule has 12 nitrogen and oxygen atoms in total. The molecule has 410 valence electrons. The van der Waals surface area contributed by atoms with Gasteiger partial charge in [-0.15, -0.1) is 43.9 Å². The standard InChI is InChI=1S/C28H32F26N4O8.2BrH/c1-57(2,13-7-9-55-15(59)17(29,19(31,32)33)61-21(37,38)23(41,42)63-27(51,52)65-25(45,46)47)11-5-6-12-58(3,4)14-8-10-56-16(60)18(30,20(34,35)36)62-22(39,40)24(43,44)64-28(53,54)66-26(48,49)50;;/h5-14H2,1-4H3;2*1H. The van der Waals surface area contributed by atoms with E-state index in [1.165, 1.54) is 28.2 Å². The number of quaternary nitrogens is 2. The van der Waals surface area contributed by atoms with Crippen LogP contribution in [-0.2, 0) is 38.0 Å². The van der Waals surface area contributed by atoms with Crippen molar-refractivity contribution in [2.24, 2.45) is 0 Å². The number of alkyl halides is 26. The summed E-state index contributed by atoms with van der Waals surface area (Å²) in [6.07, 6.45) is -70.1. The van der Waals surface area contributed by atoms with Gasteiger partial charge in [0.2, 0.25) is 0 Å². The number of rotatable bonds is 27. The van der Waals surface area contributed by atoms with Gasteiger partial charge in [0, 0.05) is 38.8 Å². The van der Waals surface area contributed by atoms with E-state index in [0.29, 0.717) is 0 Å². The number of amides is 2. The zero-order valence-corrected chi connectivity index (χ0v) is 37.0. The molecule has 40 heteroatoms. The summed E-state index contributed by atoms with van der Waals surface area (Å²) in [6.45, 7) is -2.22. The van der Waals surface area contributed by atoms with Crippen LogP contribution in [0.4, 0.5) is 114 Å². The molecular formula is C28H34Br2F26N4O8. The molecule has 0 spiro atoms. The summed E-state index contributed by atoms with van der Waals surface area (Å²) in [5.74, 6) is -19.5. The molecule has 0 aliphatic rings. The summed E-state index contributed by atoms with van der Waals surface area (Å²) < 4.78 is 352. The molecule has 0 saturated heterocycles. The zero-order valence-electron chi connectivity index (χ0n) is 33.8. The first kappa shape index (κ1) is 70.0. The first-order valence-electron chi connectivity index (χ1n) is 17.0. The molecule has 0 aromatic carbocycles. The third kappa shape index (κ3) is 22.0. The fourth-order valence-electron chi connectivity index (χ4n) is 4.62. The Bertz CT molecular complexity index is 1490. The highest BCUT2D eigenvalue weighted by Crippen LogP contribution is 2.49. The van der Waals surface area contributed by atoms with Crippen LogP contribution < -0.4 is 44.6 Å². The number of halogens is 28. The van der Waals surface area contributed by atoms with Gasteiger partial charge in [-0.05, 0) is 0 Å². The summed E-state index contributed by atoms with van der Waals surface area (Å²) in [6, 6.07) is 0. The van der Waals surface area contributed by atoms with Crippen molar-refractivity contribution >= 4 is 11.8 Å². The Balaban J connectivity index is -0.0000211. The molecule has 0 saturated carbocycles. The number of hydrogen-bond donors (Lipinski definition) is 2. The average molecular weight is 1210 g/mol. The van der Waals surface area contributed by atoms with Crippen molar-refractivity contribution in [3.63, 3.8) is 0 Å².